The van der Waals surface area contributed by atoms with Gasteiger partial charge in [-0.3, -0.25) is 0 Å². The van der Waals surface area contributed by atoms with Gasteiger partial charge in [0.05, 0.1) is 10.6 Å². The minimum atomic E-state index is -3.99. The van der Waals surface area contributed by atoms with Crippen LogP contribution in [-0.2, 0) is 10.1 Å². The highest BCUT2D eigenvalue weighted by Crippen LogP contribution is 2.26. The number of benzene rings is 2. The number of hydrogen-bond donors (Lipinski definition) is 0. The largest absolute Gasteiger partial charge is 0.379 e. The summed E-state index contributed by atoms with van der Waals surface area (Å²) in [7, 11) is -3.99. The summed E-state index contributed by atoms with van der Waals surface area (Å²) in [4.78, 5) is -0.0904. The monoisotopic (exact) mass is 321 g/mol. The van der Waals surface area contributed by atoms with Gasteiger partial charge in [0.15, 0.2) is 0 Å². The first-order valence-corrected chi connectivity index (χ1v) is 7.83. The van der Waals surface area contributed by atoms with Crippen LogP contribution in [0, 0.1) is 25.2 Å². The fourth-order valence-corrected chi connectivity index (χ4v) is 3.00. The molecule has 4 nitrogen and oxygen atoms in total. The van der Waals surface area contributed by atoms with Gasteiger partial charge in [-0.25, -0.2) is 0 Å². The molecular formula is C15H12ClNO3S. The Bertz CT molecular complexity index is 838. The van der Waals surface area contributed by atoms with Crippen LogP contribution in [0.15, 0.2) is 41.3 Å². The van der Waals surface area contributed by atoms with Crippen molar-refractivity contribution in [3.8, 4) is 11.8 Å². The lowest BCUT2D eigenvalue weighted by atomic mass is 10.1. The third kappa shape index (κ3) is 3.35. The van der Waals surface area contributed by atoms with Gasteiger partial charge in [0.25, 0.3) is 0 Å². The molecule has 0 radical (unpaired) electrons. The van der Waals surface area contributed by atoms with Crippen molar-refractivity contribution >= 4 is 21.7 Å². The molecule has 6 heteroatoms. The van der Waals surface area contributed by atoms with E-state index in [1.807, 2.05) is 19.1 Å². The predicted molar refractivity (Wildman–Crippen MR) is 79.9 cm³/mol. The van der Waals surface area contributed by atoms with Crippen LogP contribution < -0.4 is 4.18 Å². The topological polar surface area (TPSA) is 67.2 Å². The van der Waals surface area contributed by atoms with Crippen molar-refractivity contribution in [2.75, 3.05) is 0 Å². The fraction of sp³-hybridized carbons (Fsp3) is 0.133. The van der Waals surface area contributed by atoms with Gasteiger partial charge < -0.3 is 4.18 Å². The first-order valence-electron chi connectivity index (χ1n) is 6.05. The molecule has 108 valence electrons. The van der Waals surface area contributed by atoms with E-state index in [1.165, 1.54) is 18.2 Å². The molecule has 0 bridgehead atoms. The SMILES string of the molecule is Cc1ccc(C)c(OS(=O)(=O)c2ccc(C#N)c(Cl)c2)c1. The molecule has 0 fully saturated rings. The number of rotatable bonds is 3. The Hall–Kier alpha value is -2.03. The summed E-state index contributed by atoms with van der Waals surface area (Å²) in [5.41, 5.74) is 1.81. The van der Waals surface area contributed by atoms with E-state index < -0.39 is 10.1 Å². The predicted octanol–water partition coefficient (Wildman–Crippen LogP) is 3.60. The highest BCUT2D eigenvalue weighted by molar-refractivity contribution is 7.87. The van der Waals surface area contributed by atoms with E-state index in [2.05, 4.69) is 0 Å². The Kier molecular flexibility index (Phi) is 4.21. The lowest BCUT2D eigenvalue weighted by molar-refractivity contribution is 0.484. The lowest BCUT2D eigenvalue weighted by Gasteiger charge is -2.10. The molecule has 0 saturated carbocycles. The Balaban J connectivity index is 2.41. The molecule has 0 aliphatic rings. The minimum absolute atomic E-state index is 0.0724. The van der Waals surface area contributed by atoms with Gasteiger partial charge >= 0.3 is 10.1 Å². The number of hydrogen-bond acceptors (Lipinski definition) is 4. The van der Waals surface area contributed by atoms with Crippen LogP contribution in [0.25, 0.3) is 0 Å². The molecule has 2 aromatic rings. The highest BCUT2D eigenvalue weighted by atomic mass is 35.5. The molecule has 0 spiro atoms. The number of nitriles is 1. The maximum Gasteiger partial charge on any atom is 0.339 e. The summed E-state index contributed by atoms with van der Waals surface area (Å²) in [5.74, 6) is 0.274. The van der Waals surface area contributed by atoms with Crippen LogP contribution in [-0.4, -0.2) is 8.42 Å². The Labute approximate surface area is 128 Å². The zero-order chi connectivity index (χ0) is 15.6. The smallest absolute Gasteiger partial charge is 0.339 e. The van der Waals surface area contributed by atoms with Gasteiger partial charge in [0.1, 0.15) is 16.7 Å². The Morgan fingerprint density at radius 2 is 1.86 bits per heavy atom. The quantitative estimate of drug-likeness (QED) is 0.810. The molecule has 2 rings (SSSR count). The van der Waals surface area contributed by atoms with Crippen LogP contribution in [0.3, 0.4) is 0 Å². The molecule has 21 heavy (non-hydrogen) atoms. The molecule has 0 aliphatic heterocycles. The number of aryl methyl sites for hydroxylation is 2. The fourth-order valence-electron chi connectivity index (χ4n) is 1.71. The zero-order valence-corrected chi connectivity index (χ0v) is 13.0. The third-order valence-corrected chi connectivity index (χ3v) is 4.44. The van der Waals surface area contributed by atoms with E-state index in [0.717, 1.165) is 5.56 Å². The van der Waals surface area contributed by atoms with Crippen molar-refractivity contribution in [1.82, 2.24) is 0 Å². The van der Waals surface area contributed by atoms with Crippen molar-refractivity contribution in [3.63, 3.8) is 0 Å². The summed E-state index contributed by atoms with van der Waals surface area (Å²) >= 11 is 5.85. The average molecular weight is 322 g/mol. The second-order valence-corrected chi connectivity index (χ2v) is 6.51. The van der Waals surface area contributed by atoms with E-state index in [0.29, 0.717) is 5.56 Å². The van der Waals surface area contributed by atoms with Crippen LogP contribution in [0.2, 0.25) is 5.02 Å². The second-order valence-electron chi connectivity index (χ2n) is 4.56. The number of halogens is 1. The molecule has 0 heterocycles. The molecule has 0 atom stereocenters. The summed E-state index contributed by atoms with van der Waals surface area (Å²) in [6, 6.07) is 11.0. The summed E-state index contributed by atoms with van der Waals surface area (Å²) in [5, 5.41) is 8.87. The summed E-state index contributed by atoms with van der Waals surface area (Å²) in [6.07, 6.45) is 0. The maximum atomic E-state index is 12.3. The van der Waals surface area contributed by atoms with E-state index in [9.17, 15) is 8.42 Å². The second kappa shape index (κ2) is 5.76. The third-order valence-electron chi connectivity index (χ3n) is 2.89. The molecule has 0 aromatic heterocycles. The number of nitrogens with zero attached hydrogens (tertiary/aromatic N) is 1. The van der Waals surface area contributed by atoms with Gasteiger partial charge in [-0.05, 0) is 49.2 Å². The Morgan fingerprint density at radius 3 is 2.48 bits per heavy atom. The van der Waals surface area contributed by atoms with Crippen LogP contribution in [0.1, 0.15) is 16.7 Å². The van der Waals surface area contributed by atoms with Gasteiger partial charge in [0, 0.05) is 0 Å². The van der Waals surface area contributed by atoms with E-state index in [4.69, 9.17) is 21.0 Å². The standard InChI is InChI=1S/C15H12ClNO3S/c1-10-3-4-11(2)15(7-10)20-21(18,19)13-6-5-12(9-17)14(16)8-13/h3-8H,1-2H3. The van der Waals surface area contributed by atoms with Crippen molar-refractivity contribution < 1.29 is 12.6 Å². The zero-order valence-electron chi connectivity index (χ0n) is 11.4. The molecular weight excluding hydrogens is 310 g/mol. The van der Waals surface area contributed by atoms with Crippen LogP contribution in [0.4, 0.5) is 0 Å². The molecule has 2 aromatic carbocycles. The summed E-state index contributed by atoms with van der Waals surface area (Å²) < 4.78 is 29.7. The maximum absolute atomic E-state index is 12.3. The Morgan fingerprint density at radius 1 is 1.14 bits per heavy atom. The normalized spacial score (nSPS) is 11.0. The van der Waals surface area contributed by atoms with Gasteiger partial charge in [-0.2, -0.15) is 13.7 Å². The molecule has 0 N–H and O–H groups in total. The summed E-state index contributed by atoms with van der Waals surface area (Å²) in [6.45, 7) is 3.60. The van der Waals surface area contributed by atoms with Crippen molar-refractivity contribution in [2.45, 2.75) is 18.7 Å². The van der Waals surface area contributed by atoms with E-state index in [-0.39, 0.29) is 21.2 Å². The highest BCUT2D eigenvalue weighted by Gasteiger charge is 2.19. The van der Waals surface area contributed by atoms with Crippen molar-refractivity contribution in [1.29, 1.82) is 5.26 Å². The van der Waals surface area contributed by atoms with Gasteiger partial charge in [0.2, 0.25) is 0 Å². The van der Waals surface area contributed by atoms with E-state index in [1.54, 1.807) is 19.1 Å². The van der Waals surface area contributed by atoms with Gasteiger partial charge in [-0.15, -0.1) is 0 Å². The van der Waals surface area contributed by atoms with Crippen molar-refractivity contribution in [3.05, 3.63) is 58.1 Å². The molecule has 0 saturated heterocycles. The minimum Gasteiger partial charge on any atom is -0.379 e. The molecule has 0 unspecified atom stereocenters. The lowest BCUT2D eigenvalue weighted by Crippen LogP contribution is -2.10. The molecule has 0 amide bonds. The average Bonchev–Trinajstić information content (AvgIpc) is 2.42. The molecule has 0 aliphatic carbocycles. The van der Waals surface area contributed by atoms with Crippen molar-refractivity contribution in [2.24, 2.45) is 0 Å². The first-order chi connectivity index (χ1) is 9.83. The van der Waals surface area contributed by atoms with Crippen LogP contribution in [0.5, 0.6) is 5.75 Å². The van der Waals surface area contributed by atoms with E-state index >= 15 is 0 Å². The first kappa shape index (κ1) is 15.4. The van der Waals surface area contributed by atoms with Gasteiger partial charge in [-0.1, -0.05) is 23.7 Å². The van der Waals surface area contributed by atoms with Crippen LogP contribution >= 0.6 is 11.6 Å².